The Hall–Kier alpha value is -1.78. The Morgan fingerprint density at radius 1 is 1.35 bits per heavy atom. The minimum atomic E-state index is 0.698. The molecule has 0 saturated carbocycles. The van der Waals surface area contributed by atoms with Crippen molar-refractivity contribution in [3.8, 4) is 0 Å². The first-order chi connectivity index (χ1) is 9.69. The molecule has 5 nitrogen and oxygen atoms in total. The van der Waals surface area contributed by atoms with Crippen molar-refractivity contribution in [1.29, 1.82) is 0 Å². The summed E-state index contributed by atoms with van der Waals surface area (Å²) in [5.74, 6) is 3.41. The number of aromatic nitrogens is 3. The van der Waals surface area contributed by atoms with Gasteiger partial charge in [-0.15, -0.1) is 0 Å². The van der Waals surface area contributed by atoms with Crippen molar-refractivity contribution in [2.24, 2.45) is 11.8 Å². The summed E-state index contributed by atoms with van der Waals surface area (Å²) < 4.78 is 2.06. The zero-order valence-electron chi connectivity index (χ0n) is 12.5. The number of hydrogen-bond donors (Lipinski definition) is 1. The fraction of sp³-hybridized carbons (Fsp3) is 0.600. The molecule has 1 fully saturated rings. The lowest BCUT2D eigenvalue weighted by Crippen LogP contribution is -2.39. The zero-order chi connectivity index (χ0) is 14.1. The van der Waals surface area contributed by atoms with Crippen LogP contribution >= 0.6 is 0 Å². The smallest absolute Gasteiger partial charge is 0.180 e. The normalized spacial score (nSPS) is 23.2. The summed E-state index contributed by atoms with van der Waals surface area (Å²) in [5, 5.41) is 3.30. The number of nitrogens with zero attached hydrogens (tertiary/aromatic N) is 4. The van der Waals surface area contributed by atoms with Crippen LogP contribution in [0.4, 0.5) is 11.6 Å². The van der Waals surface area contributed by atoms with Crippen LogP contribution in [0.5, 0.6) is 0 Å². The molecule has 0 radical (unpaired) electrons. The molecule has 2 atom stereocenters. The van der Waals surface area contributed by atoms with E-state index in [1.165, 1.54) is 6.42 Å². The molecule has 20 heavy (non-hydrogen) atoms. The first kappa shape index (κ1) is 13.2. The van der Waals surface area contributed by atoms with E-state index >= 15 is 0 Å². The number of nitrogens with one attached hydrogen (secondary N) is 1. The largest absolute Gasteiger partial charge is 0.369 e. The highest BCUT2D eigenvalue weighted by Gasteiger charge is 2.25. The average molecular weight is 273 g/mol. The SMILES string of the molecule is CCNc1cn2ccnc2c(N2CCC(C)C(C)C2)n1. The van der Waals surface area contributed by atoms with Crippen molar-refractivity contribution in [3.63, 3.8) is 0 Å². The number of rotatable bonds is 3. The fourth-order valence-electron chi connectivity index (χ4n) is 2.85. The van der Waals surface area contributed by atoms with Crippen molar-refractivity contribution >= 4 is 17.3 Å². The first-order valence-electron chi connectivity index (χ1n) is 7.51. The van der Waals surface area contributed by atoms with E-state index in [0.717, 1.165) is 42.8 Å². The van der Waals surface area contributed by atoms with Gasteiger partial charge in [0.1, 0.15) is 5.82 Å². The Labute approximate surface area is 120 Å². The lowest BCUT2D eigenvalue weighted by Gasteiger charge is -2.36. The number of anilines is 2. The van der Waals surface area contributed by atoms with Crippen molar-refractivity contribution in [2.45, 2.75) is 27.2 Å². The summed E-state index contributed by atoms with van der Waals surface area (Å²) in [6.07, 6.45) is 7.05. The van der Waals surface area contributed by atoms with Crippen LogP contribution in [0.1, 0.15) is 27.2 Å². The van der Waals surface area contributed by atoms with E-state index in [-0.39, 0.29) is 0 Å². The van der Waals surface area contributed by atoms with Gasteiger partial charge < -0.3 is 14.6 Å². The molecule has 1 N–H and O–H groups in total. The van der Waals surface area contributed by atoms with Crippen molar-refractivity contribution in [1.82, 2.24) is 14.4 Å². The van der Waals surface area contributed by atoms with Crippen molar-refractivity contribution in [2.75, 3.05) is 29.9 Å². The van der Waals surface area contributed by atoms with Gasteiger partial charge in [-0.05, 0) is 25.2 Å². The maximum atomic E-state index is 4.78. The van der Waals surface area contributed by atoms with Gasteiger partial charge in [0.2, 0.25) is 0 Å². The molecule has 2 unspecified atom stereocenters. The molecule has 0 bridgehead atoms. The second-order valence-electron chi connectivity index (χ2n) is 5.83. The standard InChI is InChI=1S/C15H23N5/c1-4-16-13-10-20-8-6-17-14(20)15(18-13)19-7-5-11(2)12(3)9-19/h6,8,10-12,16H,4-5,7,9H2,1-3H3. The fourth-order valence-corrected chi connectivity index (χ4v) is 2.85. The van der Waals surface area contributed by atoms with Crippen molar-refractivity contribution in [3.05, 3.63) is 18.6 Å². The number of piperidine rings is 1. The van der Waals surface area contributed by atoms with Crippen LogP contribution in [-0.4, -0.2) is 34.0 Å². The van der Waals surface area contributed by atoms with Crippen LogP contribution in [0.3, 0.4) is 0 Å². The molecule has 1 aliphatic rings. The Balaban J connectivity index is 1.98. The predicted octanol–water partition coefficient (Wildman–Crippen LogP) is 2.64. The monoisotopic (exact) mass is 273 g/mol. The molecule has 0 spiro atoms. The third-order valence-corrected chi connectivity index (χ3v) is 4.35. The maximum absolute atomic E-state index is 4.78. The topological polar surface area (TPSA) is 45.5 Å². The molecule has 3 heterocycles. The minimum Gasteiger partial charge on any atom is -0.369 e. The molecular weight excluding hydrogens is 250 g/mol. The van der Waals surface area contributed by atoms with E-state index in [1.807, 2.05) is 18.6 Å². The van der Waals surface area contributed by atoms with Gasteiger partial charge in [-0.3, -0.25) is 0 Å². The van der Waals surface area contributed by atoms with Gasteiger partial charge in [0.15, 0.2) is 11.5 Å². The zero-order valence-corrected chi connectivity index (χ0v) is 12.5. The van der Waals surface area contributed by atoms with E-state index in [1.54, 1.807) is 0 Å². The van der Waals surface area contributed by atoms with E-state index in [4.69, 9.17) is 4.98 Å². The Morgan fingerprint density at radius 3 is 2.95 bits per heavy atom. The summed E-state index contributed by atoms with van der Waals surface area (Å²) >= 11 is 0. The molecule has 2 aromatic heterocycles. The van der Waals surface area contributed by atoms with Crippen LogP contribution in [0.15, 0.2) is 18.6 Å². The van der Waals surface area contributed by atoms with E-state index < -0.39 is 0 Å². The predicted molar refractivity (Wildman–Crippen MR) is 82.3 cm³/mol. The second-order valence-corrected chi connectivity index (χ2v) is 5.83. The summed E-state index contributed by atoms with van der Waals surface area (Å²) in [4.78, 5) is 11.6. The Morgan fingerprint density at radius 2 is 2.20 bits per heavy atom. The highest BCUT2D eigenvalue weighted by Crippen LogP contribution is 2.28. The van der Waals surface area contributed by atoms with Gasteiger partial charge in [-0.1, -0.05) is 13.8 Å². The molecule has 3 rings (SSSR count). The molecule has 0 aliphatic carbocycles. The summed E-state index contributed by atoms with van der Waals surface area (Å²) in [6.45, 7) is 9.76. The average Bonchev–Trinajstić information content (AvgIpc) is 2.89. The minimum absolute atomic E-state index is 0.698. The molecule has 5 heteroatoms. The van der Waals surface area contributed by atoms with Crippen LogP contribution < -0.4 is 10.2 Å². The summed E-state index contributed by atoms with van der Waals surface area (Å²) in [5.41, 5.74) is 0.952. The van der Waals surface area contributed by atoms with Crippen LogP contribution in [0.25, 0.3) is 5.65 Å². The van der Waals surface area contributed by atoms with Gasteiger partial charge in [-0.25, -0.2) is 9.97 Å². The van der Waals surface area contributed by atoms with Gasteiger partial charge in [0.25, 0.3) is 0 Å². The van der Waals surface area contributed by atoms with Gasteiger partial charge >= 0.3 is 0 Å². The van der Waals surface area contributed by atoms with E-state index in [0.29, 0.717) is 5.92 Å². The number of fused-ring (bicyclic) bond motifs is 1. The molecule has 0 amide bonds. The highest BCUT2D eigenvalue weighted by atomic mass is 15.2. The van der Waals surface area contributed by atoms with E-state index in [9.17, 15) is 0 Å². The van der Waals surface area contributed by atoms with Crippen LogP contribution in [0.2, 0.25) is 0 Å². The highest BCUT2D eigenvalue weighted by molar-refractivity contribution is 5.67. The Kier molecular flexibility index (Phi) is 3.51. The molecule has 108 valence electrons. The maximum Gasteiger partial charge on any atom is 0.180 e. The van der Waals surface area contributed by atoms with E-state index in [2.05, 4.69) is 40.4 Å². The second kappa shape index (κ2) is 5.31. The third kappa shape index (κ3) is 2.32. The number of imidazole rings is 1. The van der Waals surface area contributed by atoms with Crippen molar-refractivity contribution < 1.29 is 0 Å². The quantitative estimate of drug-likeness (QED) is 0.934. The number of hydrogen-bond acceptors (Lipinski definition) is 4. The molecule has 1 aliphatic heterocycles. The lowest BCUT2D eigenvalue weighted by molar-refractivity contribution is 0.323. The van der Waals surface area contributed by atoms with Gasteiger partial charge in [0.05, 0.1) is 6.20 Å². The molecule has 1 saturated heterocycles. The van der Waals surface area contributed by atoms with Gasteiger partial charge in [-0.2, -0.15) is 0 Å². The molecular formula is C15H23N5. The Bertz CT molecular complexity index is 591. The molecule has 2 aromatic rings. The first-order valence-corrected chi connectivity index (χ1v) is 7.51. The third-order valence-electron chi connectivity index (χ3n) is 4.35. The summed E-state index contributed by atoms with van der Waals surface area (Å²) in [6, 6.07) is 0. The van der Waals surface area contributed by atoms with Gasteiger partial charge in [0, 0.05) is 32.0 Å². The summed E-state index contributed by atoms with van der Waals surface area (Å²) in [7, 11) is 0. The molecule has 0 aromatic carbocycles. The lowest BCUT2D eigenvalue weighted by atomic mass is 9.89. The van der Waals surface area contributed by atoms with Crippen LogP contribution in [-0.2, 0) is 0 Å². The van der Waals surface area contributed by atoms with Crippen LogP contribution in [0, 0.1) is 11.8 Å².